The Kier molecular flexibility index (Phi) is 4.95. The van der Waals surface area contributed by atoms with E-state index >= 15 is 0 Å². The van der Waals surface area contributed by atoms with E-state index in [2.05, 4.69) is 0 Å². The molecule has 0 spiro atoms. The van der Waals surface area contributed by atoms with Crippen LogP contribution in [0.25, 0.3) is 0 Å². The van der Waals surface area contributed by atoms with Gasteiger partial charge in [0.2, 0.25) is 5.91 Å². The lowest BCUT2D eigenvalue weighted by Gasteiger charge is -2.37. The maximum atomic E-state index is 13.6. The van der Waals surface area contributed by atoms with Crippen molar-refractivity contribution in [1.82, 2.24) is 4.90 Å². The molecular formula is C19H28N2O3S. The molecule has 1 aromatic rings. The smallest absolute Gasteiger partial charge is 0.244 e. The molecule has 0 radical (unpaired) electrons. The Labute approximate surface area is 150 Å². The lowest BCUT2D eigenvalue weighted by molar-refractivity contribution is -0.134. The number of carbonyl (C=O) groups is 1. The fraction of sp³-hybridized carbons (Fsp3) is 0.632. The van der Waals surface area contributed by atoms with Gasteiger partial charge in [-0.2, -0.15) is 0 Å². The molecule has 0 unspecified atom stereocenters. The summed E-state index contributed by atoms with van der Waals surface area (Å²) < 4.78 is 25.9. The summed E-state index contributed by atoms with van der Waals surface area (Å²) in [5.41, 5.74) is 7.55. The van der Waals surface area contributed by atoms with Crippen LogP contribution in [0.1, 0.15) is 49.7 Å². The second-order valence-electron chi connectivity index (χ2n) is 7.60. The highest BCUT2D eigenvalue weighted by molar-refractivity contribution is 7.93. The molecule has 1 heterocycles. The van der Waals surface area contributed by atoms with E-state index in [1.165, 1.54) is 0 Å². The number of amides is 1. The Morgan fingerprint density at radius 3 is 2.36 bits per heavy atom. The Balaban J connectivity index is 2.02. The highest BCUT2D eigenvalue weighted by Gasteiger charge is 2.54. The summed E-state index contributed by atoms with van der Waals surface area (Å²) in [6.45, 7) is 4.81. The summed E-state index contributed by atoms with van der Waals surface area (Å²) in [7, 11) is -3.74. The van der Waals surface area contributed by atoms with Gasteiger partial charge in [-0.05, 0) is 56.7 Å². The molecule has 0 aromatic heterocycles. The normalized spacial score (nSPS) is 21.5. The van der Waals surface area contributed by atoms with E-state index in [1.54, 1.807) is 17.9 Å². The molecule has 1 saturated carbocycles. The molecule has 1 aromatic carbocycles. The van der Waals surface area contributed by atoms with Gasteiger partial charge in [0, 0.05) is 19.1 Å². The molecule has 0 bridgehead atoms. The molecule has 6 heteroatoms. The number of likely N-dealkylation sites (tertiary alicyclic amines) is 1. The number of hydrogen-bond donors (Lipinski definition) is 1. The quantitative estimate of drug-likeness (QED) is 0.893. The Bertz CT molecular complexity index is 759. The van der Waals surface area contributed by atoms with Gasteiger partial charge >= 0.3 is 0 Å². The molecule has 1 aliphatic carbocycles. The Morgan fingerprint density at radius 2 is 1.76 bits per heavy atom. The zero-order valence-electron chi connectivity index (χ0n) is 15.1. The SMILES string of the molecule is Cc1ccc(C)c(S(=O)(=O)C2(C(=O)N3CCC(N)CC3)CCCC2)c1. The van der Waals surface area contributed by atoms with E-state index in [0.717, 1.165) is 31.2 Å². The summed E-state index contributed by atoms with van der Waals surface area (Å²) in [5.74, 6) is -0.210. The molecule has 0 atom stereocenters. The molecule has 1 aliphatic heterocycles. The predicted octanol–water partition coefficient (Wildman–Crippen LogP) is 2.34. The standard InChI is InChI=1S/C19H28N2O3S/c1-14-5-6-15(2)17(13-14)25(23,24)19(9-3-4-10-19)18(22)21-11-7-16(20)8-12-21/h5-6,13,16H,3-4,7-12,20H2,1-2H3. The van der Waals surface area contributed by atoms with Gasteiger partial charge in [0.15, 0.2) is 14.6 Å². The number of sulfone groups is 1. The van der Waals surface area contributed by atoms with Crippen LogP contribution in [-0.2, 0) is 14.6 Å². The molecule has 1 amide bonds. The molecule has 138 valence electrons. The van der Waals surface area contributed by atoms with Gasteiger partial charge in [0.25, 0.3) is 0 Å². The number of benzene rings is 1. The minimum atomic E-state index is -3.74. The summed E-state index contributed by atoms with van der Waals surface area (Å²) in [6, 6.07) is 5.56. The minimum Gasteiger partial charge on any atom is -0.341 e. The van der Waals surface area contributed by atoms with Crippen LogP contribution in [0.2, 0.25) is 0 Å². The first kappa shape index (κ1) is 18.4. The molecular weight excluding hydrogens is 336 g/mol. The maximum Gasteiger partial charge on any atom is 0.244 e. The molecule has 1 saturated heterocycles. The number of piperidine rings is 1. The third-order valence-electron chi connectivity index (χ3n) is 5.78. The van der Waals surface area contributed by atoms with Crippen LogP contribution >= 0.6 is 0 Å². The van der Waals surface area contributed by atoms with Crippen molar-refractivity contribution >= 4 is 15.7 Å². The van der Waals surface area contributed by atoms with Crippen molar-refractivity contribution in [2.75, 3.05) is 13.1 Å². The van der Waals surface area contributed by atoms with Crippen LogP contribution in [0, 0.1) is 13.8 Å². The van der Waals surface area contributed by atoms with Crippen LogP contribution in [0.3, 0.4) is 0 Å². The fourth-order valence-corrected chi connectivity index (χ4v) is 6.58. The fourth-order valence-electron chi connectivity index (χ4n) is 4.14. The van der Waals surface area contributed by atoms with Crippen molar-refractivity contribution in [1.29, 1.82) is 0 Å². The van der Waals surface area contributed by atoms with Crippen LogP contribution in [0.4, 0.5) is 0 Å². The monoisotopic (exact) mass is 364 g/mol. The van der Waals surface area contributed by atoms with Crippen molar-refractivity contribution < 1.29 is 13.2 Å². The first-order valence-corrected chi connectivity index (χ1v) is 10.6. The van der Waals surface area contributed by atoms with Gasteiger partial charge in [-0.3, -0.25) is 4.79 Å². The average molecular weight is 365 g/mol. The molecule has 2 fully saturated rings. The third-order valence-corrected chi connectivity index (χ3v) is 8.41. The van der Waals surface area contributed by atoms with E-state index in [0.29, 0.717) is 36.4 Å². The van der Waals surface area contributed by atoms with E-state index in [1.807, 2.05) is 19.1 Å². The average Bonchev–Trinajstić information content (AvgIpc) is 3.08. The van der Waals surface area contributed by atoms with Crippen LogP contribution < -0.4 is 5.73 Å². The maximum absolute atomic E-state index is 13.6. The van der Waals surface area contributed by atoms with E-state index < -0.39 is 14.6 Å². The van der Waals surface area contributed by atoms with Crippen molar-refractivity contribution in [2.24, 2.45) is 5.73 Å². The van der Waals surface area contributed by atoms with Crippen molar-refractivity contribution in [3.05, 3.63) is 29.3 Å². The minimum absolute atomic E-state index is 0.110. The lowest BCUT2D eigenvalue weighted by Crippen LogP contribution is -2.55. The van der Waals surface area contributed by atoms with E-state index in [-0.39, 0.29) is 11.9 Å². The van der Waals surface area contributed by atoms with Crippen molar-refractivity contribution in [3.63, 3.8) is 0 Å². The largest absolute Gasteiger partial charge is 0.341 e. The number of aryl methyl sites for hydroxylation is 2. The number of nitrogens with two attached hydrogens (primary N) is 1. The first-order valence-electron chi connectivity index (χ1n) is 9.15. The summed E-state index contributed by atoms with van der Waals surface area (Å²) in [5, 5.41) is 0. The number of carbonyl (C=O) groups excluding carboxylic acids is 1. The third kappa shape index (κ3) is 3.10. The topological polar surface area (TPSA) is 80.5 Å². The van der Waals surface area contributed by atoms with E-state index in [4.69, 9.17) is 5.73 Å². The van der Waals surface area contributed by atoms with Gasteiger partial charge in [0.1, 0.15) is 0 Å². The number of nitrogens with zero attached hydrogens (tertiary/aromatic N) is 1. The van der Waals surface area contributed by atoms with Gasteiger partial charge in [0.05, 0.1) is 4.90 Å². The molecule has 3 rings (SSSR count). The molecule has 2 N–H and O–H groups in total. The van der Waals surface area contributed by atoms with Crippen molar-refractivity contribution in [2.45, 2.75) is 68.1 Å². The van der Waals surface area contributed by atoms with Crippen LogP contribution in [-0.4, -0.2) is 43.1 Å². The van der Waals surface area contributed by atoms with E-state index in [9.17, 15) is 13.2 Å². The molecule has 5 nitrogen and oxygen atoms in total. The second-order valence-corrected chi connectivity index (χ2v) is 9.83. The summed E-state index contributed by atoms with van der Waals surface area (Å²) in [6.07, 6.45) is 3.89. The van der Waals surface area contributed by atoms with Crippen LogP contribution in [0.5, 0.6) is 0 Å². The van der Waals surface area contributed by atoms with Gasteiger partial charge in [-0.25, -0.2) is 8.42 Å². The lowest BCUT2D eigenvalue weighted by atomic mass is 10.0. The number of rotatable bonds is 3. The molecule has 25 heavy (non-hydrogen) atoms. The summed E-state index contributed by atoms with van der Waals surface area (Å²) >= 11 is 0. The first-order chi connectivity index (χ1) is 11.8. The predicted molar refractivity (Wildman–Crippen MR) is 98.1 cm³/mol. The second kappa shape index (κ2) is 6.72. The van der Waals surface area contributed by atoms with Crippen LogP contribution in [0.15, 0.2) is 23.1 Å². The van der Waals surface area contributed by atoms with Crippen molar-refractivity contribution in [3.8, 4) is 0 Å². The Hall–Kier alpha value is -1.40. The zero-order valence-corrected chi connectivity index (χ0v) is 15.9. The van der Waals surface area contributed by atoms with Gasteiger partial charge < -0.3 is 10.6 Å². The Morgan fingerprint density at radius 1 is 1.16 bits per heavy atom. The highest BCUT2D eigenvalue weighted by Crippen LogP contribution is 2.43. The number of hydrogen-bond acceptors (Lipinski definition) is 4. The highest BCUT2D eigenvalue weighted by atomic mass is 32.2. The summed E-state index contributed by atoms with van der Waals surface area (Å²) in [4.78, 5) is 15.4. The zero-order chi connectivity index (χ0) is 18.2. The van der Waals surface area contributed by atoms with Gasteiger partial charge in [-0.15, -0.1) is 0 Å². The van der Waals surface area contributed by atoms with Gasteiger partial charge in [-0.1, -0.05) is 25.0 Å². The molecule has 2 aliphatic rings.